The lowest BCUT2D eigenvalue weighted by atomic mass is 10.2. The Bertz CT molecular complexity index is 494. The maximum atomic E-state index is 6.10. The molecule has 0 saturated heterocycles. The van der Waals surface area contributed by atoms with Crippen molar-refractivity contribution in [1.82, 2.24) is 0 Å². The third kappa shape index (κ3) is 2.40. The van der Waals surface area contributed by atoms with Gasteiger partial charge in [0.15, 0.2) is 0 Å². The highest BCUT2D eigenvalue weighted by Gasteiger charge is 2.06. The van der Waals surface area contributed by atoms with Gasteiger partial charge < -0.3 is 4.74 Å². The fourth-order valence-electron chi connectivity index (χ4n) is 1.72. The van der Waals surface area contributed by atoms with Crippen LogP contribution in [0.4, 0.5) is 11.4 Å². The quantitative estimate of drug-likeness (QED) is 0.648. The first-order chi connectivity index (χ1) is 8.22. The Morgan fingerprint density at radius 1 is 1.00 bits per heavy atom. The van der Waals surface area contributed by atoms with Crippen LogP contribution >= 0.6 is 0 Å². The SMILES string of the molecule is COc1ccc(N(N)c2ccccc2C)cc1. The maximum Gasteiger partial charge on any atom is 0.119 e. The van der Waals surface area contributed by atoms with Gasteiger partial charge in [-0.15, -0.1) is 0 Å². The monoisotopic (exact) mass is 228 g/mol. The lowest BCUT2D eigenvalue weighted by Crippen LogP contribution is -2.25. The standard InChI is InChI=1S/C14H16N2O/c1-11-5-3-4-6-14(11)16(15)12-7-9-13(17-2)10-8-12/h3-10H,15H2,1-2H3. The summed E-state index contributed by atoms with van der Waals surface area (Å²) in [5.41, 5.74) is 3.07. The van der Waals surface area contributed by atoms with E-state index in [1.807, 2.05) is 55.5 Å². The van der Waals surface area contributed by atoms with E-state index < -0.39 is 0 Å². The molecule has 0 bridgehead atoms. The van der Waals surface area contributed by atoms with Crippen LogP contribution in [0.5, 0.6) is 5.75 Å². The van der Waals surface area contributed by atoms with Crippen LogP contribution in [0.1, 0.15) is 5.56 Å². The van der Waals surface area contributed by atoms with E-state index in [2.05, 4.69) is 0 Å². The Kier molecular flexibility index (Phi) is 3.30. The van der Waals surface area contributed by atoms with Crippen LogP contribution in [-0.2, 0) is 0 Å². The Hall–Kier alpha value is -2.00. The molecule has 0 amide bonds. The second kappa shape index (κ2) is 4.89. The minimum Gasteiger partial charge on any atom is -0.497 e. The van der Waals surface area contributed by atoms with Gasteiger partial charge in [-0.3, -0.25) is 5.01 Å². The van der Waals surface area contributed by atoms with Gasteiger partial charge in [0, 0.05) is 0 Å². The molecule has 0 spiro atoms. The molecule has 2 aromatic rings. The Morgan fingerprint density at radius 3 is 2.24 bits per heavy atom. The minimum absolute atomic E-state index is 0.826. The van der Waals surface area contributed by atoms with Gasteiger partial charge in [0.2, 0.25) is 0 Å². The number of aryl methyl sites for hydroxylation is 1. The number of para-hydroxylation sites is 1. The number of benzene rings is 2. The number of nitrogens with zero attached hydrogens (tertiary/aromatic N) is 1. The lowest BCUT2D eigenvalue weighted by Gasteiger charge is -2.20. The molecule has 17 heavy (non-hydrogen) atoms. The number of rotatable bonds is 3. The molecule has 3 nitrogen and oxygen atoms in total. The van der Waals surface area contributed by atoms with Crippen molar-refractivity contribution in [3.05, 3.63) is 54.1 Å². The van der Waals surface area contributed by atoms with Crippen LogP contribution in [0.3, 0.4) is 0 Å². The van der Waals surface area contributed by atoms with Crippen molar-refractivity contribution in [1.29, 1.82) is 0 Å². The average molecular weight is 228 g/mol. The third-order valence-electron chi connectivity index (χ3n) is 2.73. The fourth-order valence-corrected chi connectivity index (χ4v) is 1.72. The highest BCUT2D eigenvalue weighted by atomic mass is 16.5. The number of nitrogens with two attached hydrogens (primary N) is 1. The minimum atomic E-state index is 0.826. The molecule has 0 aromatic heterocycles. The molecule has 2 aromatic carbocycles. The van der Waals surface area contributed by atoms with Crippen LogP contribution in [0.25, 0.3) is 0 Å². The van der Waals surface area contributed by atoms with Gasteiger partial charge in [-0.1, -0.05) is 18.2 Å². The maximum absolute atomic E-state index is 6.10. The summed E-state index contributed by atoms with van der Waals surface area (Å²) < 4.78 is 5.12. The first kappa shape index (κ1) is 11.5. The Morgan fingerprint density at radius 2 is 1.65 bits per heavy atom. The van der Waals surface area contributed by atoms with E-state index in [0.717, 1.165) is 22.7 Å². The van der Waals surface area contributed by atoms with E-state index in [1.165, 1.54) is 0 Å². The zero-order valence-corrected chi connectivity index (χ0v) is 10.1. The molecule has 0 radical (unpaired) electrons. The fraction of sp³-hybridized carbons (Fsp3) is 0.143. The number of methoxy groups -OCH3 is 1. The predicted octanol–water partition coefficient (Wildman–Crippen LogP) is 3.02. The van der Waals surface area contributed by atoms with Gasteiger partial charge in [0.25, 0.3) is 0 Å². The second-order valence-electron chi connectivity index (χ2n) is 3.85. The van der Waals surface area contributed by atoms with Gasteiger partial charge in [-0.25, -0.2) is 5.84 Å². The van der Waals surface area contributed by atoms with E-state index in [4.69, 9.17) is 10.6 Å². The van der Waals surface area contributed by atoms with Crippen LogP contribution in [0.15, 0.2) is 48.5 Å². The molecule has 0 aliphatic heterocycles. The summed E-state index contributed by atoms with van der Waals surface area (Å²) >= 11 is 0. The highest BCUT2D eigenvalue weighted by Crippen LogP contribution is 2.26. The van der Waals surface area contributed by atoms with Crippen molar-refractivity contribution in [3.8, 4) is 5.75 Å². The zero-order valence-electron chi connectivity index (χ0n) is 10.1. The molecule has 3 heteroatoms. The van der Waals surface area contributed by atoms with Gasteiger partial charge >= 0.3 is 0 Å². The van der Waals surface area contributed by atoms with E-state index >= 15 is 0 Å². The van der Waals surface area contributed by atoms with Crippen LogP contribution < -0.4 is 15.6 Å². The van der Waals surface area contributed by atoms with Gasteiger partial charge in [-0.2, -0.15) is 0 Å². The number of ether oxygens (including phenoxy) is 1. The van der Waals surface area contributed by atoms with Crippen molar-refractivity contribution < 1.29 is 4.74 Å². The largest absolute Gasteiger partial charge is 0.497 e. The Balaban J connectivity index is 2.30. The summed E-state index contributed by atoms with van der Waals surface area (Å²) in [5, 5.41) is 1.68. The topological polar surface area (TPSA) is 38.5 Å². The average Bonchev–Trinajstić information content (AvgIpc) is 2.39. The molecule has 0 fully saturated rings. The first-order valence-corrected chi connectivity index (χ1v) is 5.47. The van der Waals surface area contributed by atoms with Crippen LogP contribution in [0, 0.1) is 6.92 Å². The van der Waals surface area contributed by atoms with E-state index in [1.54, 1.807) is 12.1 Å². The Labute approximate surface area is 101 Å². The van der Waals surface area contributed by atoms with Crippen molar-refractivity contribution in [2.24, 2.45) is 5.84 Å². The molecular formula is C14H16N2O. The molecular weight excluding hydrogens is 212 g/mol. The zero-order chi connectivity index (χ0) is 12.3. The summed E-state index contributed by atoms with van der Waals surface area (Å²) in [4.78, 5) is 0. The number of hydrazine groups is 1. The molecule has 0 heterocycles. The van der Waals surface area contributed by atoms with Crippen molar-refractivity contribution in [3.63, 3.8) is 0 Å². The molecule has 0 atom stereocenters. The van der Waals surface area contributed by atoms with Crippen molar-refractivity contribution >= 4 is 11.4 Å². The van der Waals surface area contributed by atoms with E-state index in [-0.39, 0.29) is 0 Å². The van der Waals surface area contributed by atoms with Gasteiger partial charge in [0.05, 0.1) is 18.5 Å². The van der Waals surface area contributed by atoms with Gasteiger partial charge in [0.1, 0.15) is 5.75 Å². The van der Waals surface area contributed by atoms with Crippen molar-refractivity contribution in [2.75, 3.05) is 12.1 Å². The van der Waals surface area contributed by atoms with E-state index in [0.29, 0.717) is 0 Å². The molecule has 2 N–H and O–H groups in total. The predicted molar refractivity (Wildman–Crippen MR) is 70.5 cm³/mol. The molecule has 2 rings (SSSR count). The lowest BCUT2D eigenvalue weighted by molar-refractivity contribution is 0.415. The van der Waals surface area contributed by atoms with Crippen molar-refractivity contribution in [2.45, 2.75) is 6.92 Å². The molecule has 0 unspecified atom stereocenters. The number of hydrogen-bond acceptors (Lipinski definition) is 3. The normalized spacial score (nSPS) is 10.1. The van der Waals surface area contributed by atoms with E-state index in [9.17, 15) is 0 Å². The third-order valence-corrected chi connectivity index (χ3v) is 2.73. The first-order valence-electron chi connectivity index (χ1n) is 5.47. The highest BCUT2D eigenvalue weighted by molar-refractivity contribution is 5.65. The summed E-state index contributed by atoms with van der Waals surface area (Å²) in [6.07, 6.45) is 0. The van der Waals surface area contributed by atoms with Crippen LogP contribution in [-0.4, -0.2) is 7.11 Å². The number of hydrogen-bond donors (Lipinski definition) is 1. The van der Waals surface area contributed by atoms with Crippen LogP contribution in [0.2, 0.25) is 0 Å². The molecule has 0 aliphatic rings. The summed E-state index contributed by atoms with van der Waals surface area (Å²) in [7, 11) is 1.65. The molecule has 88 valence electrons. The second-order valence-corrected chi connectivity index (χ2v) is 3.85. The number of anilines is 2. The molecule has 0 saturated carbocycles. The smallest absolute Gasteiger partial charge is 0.119 e. The molecule has 0 aliphatic carbocycles. The summed E-state index contributed by atoms with van der Waals surface area (Å²) in [6.45, 7) is 2.04. The summed E-state index contributed by atoms with van der Waals surface area (Å²) in [5.74, 6) is 6.93. The summed E-state index contributed by atoms with van der Waals surface area (Å²) in [6, 6.07) is 15.7. The van der Waals surface area contributed by atoms with Gasteiger partial charge in [-0.05, 0) is 42.8 Å².